The normalized spacial score (nSPS) is 11.9. The number of aryl methyl sites for hydroxylation is 2. The number of nitrogens with one attached hydrogen (secondary N) is 1. The van der Waals surface area contributed by atoms with Crippen LogP contribution in [0.5, 0.6) is 5.75 Å². The minimum atomic E-state index is -0.685. The number of hydrogen-bond donors (Lipinski definition) is 1. The van der Waals surface area contributed by atoms with Crippen LogP contribution in [0, 0.1) is 13.8 Å². The molecule has 0 saturated heterocycles. The van der Waals surface area contributed by atoms with Crippen LogP contribution in [0.1, 0.15) is 43.0 Å². The molecule has 0 fully saturated rings. The molecule has 7 heteroatoms. The number of esters is 1. The summed E-state index contributed by atoms with van der Waals surface area (Å²) in [7, 11) is 0. The first-order valence-electron chi connectivity index (χ1n) is 10.3. The highest BCUT2D eigenvalue weighted by Gasteiger charge is 2.29. The smallest absolute Gasteiger partial charge is 0.344 e. The zero-order valence-electron chi connectivity index (χ0n) is 18.1. The average molecular weight is 443 g/mol. The van der Waals surface area contributed by atoms with Crippen molar-refractivity contribution in [3.05, 3.63) is 94.0 Å². The maximum absolute atomic E-state index is 12.8. The maximum atomic E-state index is 12.8. The molecular formula is C26H21NO6. The summed E-state index contributed by atoms with van der Waals surface area (Å²) in [6.07, 6.45) is 0. The lowest BCUT2D eigenvalue weighted by atomic mass is 9.84. The van der Waals surface area contributed by atoms with E-state index in [0.717, 1.165) is 11.1 Å². The Hall–Kier alpha value is -4.26. The van der Waals surface area contributed by atoms with Gasteiger partial charge >= 0.3 is 5.97 Å². The van der Waals surface area contributed by atoms with Crippen LogP contribution >= 0.6 is 0 Å². The molecule has 0 radical (unpaired) electrons. The van der Waals surface area contributed by atoms with Crippen LogP contribution in [0.15, 0.2) is 60.7 Å². The Morgan fingerprint density at radius 3 is 2.03 bits per heavy atom. The van der Waals surface area contributed by atoms with E-state index in [1.54, 1.807) is 24.3 Å². The zero-order chi connectivity index (χ0) is 23.5. The summed E-state index contributed by atoms with van der Waals surface area (Å²) < 4.78 is 10.5. The summed E-state index contributed by atoms with van der Waals surface area (Å²) in [5.74, 6) is -1.18. The molecule has 1 aliphatic carbocycles. The Labute approximate surface area is 190 Å². The Balaban J connectivity index is 1.35. The van der Waals surface area contributed by atoms with E-state index in [1.165, 1.54) is 18.2 Å². The van der Waals surface area contributed by atoms with Crippen LogP contribution < -0.4 is 10.1 Å². The molecule has 7 nitrogen and oxygen atoms in total. The van der Waals surface area contributed by atoms with Crippen LogP contribution in [-0.4, -0.2) is 36.7 Å². The molecular weight excluding hydrogens is 422 g/mol. The molecule has 1 aliphatic rings. The van der Waals surface area contributed by atoms with Crippen LogP contribution in [0.2, 0.25) is 0 Å². The summed E-state index contributed by atoms with van der Waals surface area (Å²) >= 11 is 0. The zero-order valence-corrected chi connectivity index (χ0v) is 18.1. The number of carbonyl (C=O) groups excluding carboxylic acids is 4. The fourth-order valence-corrected chi connectivity index (χ4v) is 3.72. The number of hydrogen-bond acceptors (Lipinski definition) is 6. The fraction of sp³-hybridized carbons (Fsp3) is 0.154. The third-order valence-electron chi connectivity index (χ3n) is 5.32. The molecule has 1 amide bonds. The number of fused-ring (bicyclic) bond motifs is 2. The van der Waals surface area contributed by atoms with Gasteiger partial charge < -0.3 is 14.8 Å². The van der Waals surface area contributed by atoms with Crippen molar-refractivity contribution in [3.8, 4) is 5.75 Å². The molecule has 0 saturated carbocycles. The van der Waals surface area contributed by atoms with Crippen molar-refractivity contribution in [1.82, 2.24) is 0 Å². The van der Waals surface area contributed by atoms with Crippen molar-refractivity contribution < 1.29 is 28.7 Å². The molecule has 166 valence electrons. The number of rotatable bonds is 6. The van der Waals surface area contributed by atoms with Crippen molar-refractivity contribution in [2.45, 2.75) is 13.8 Å². The number of anilines is 1. The third kappa shape index (κ3) is 4.52. The van der Waals surface area contributed by atoms with Gasteiger partial charge in [-0.05, 0) is 43.2 Å². The van der Waals surface area contributed by atoms with Gasteiger partial charge in [0.05, 0.1) is 0 Å². The van der Waals surface area contributed by atoms with E-state index in [2.05, 4.69) is 5.32 Å². The monoisotopic (exact) mass is 443 g/mol. The number of benzene rings is 3. The molecule has 0 spiro atoms. The molecule has 3 aromatic carbocycles. The quantitative estimate of drug-likeness (QED) is 0.457. The number of amides is 1. The number of ketones is 2. The van der Waals surface area contributed by atoms with E-state index < -0.39 is 18.5 Å². The van der Waals surface area contributed by atoms with Crippen LogP contribution in [0.3, 0.4) is 0 Å². The Bertz CT molecular complexity index is 1270. The van der Waals surface area contributed by atoms with E-state index >= 15 is 0 Å². The first kappa shape index (κ1) is 22.0. The number of ether oxygens (including phenoxy) is 2. The standard InChI is InChI=1S/C26H21NO6/c1-15-6-5-7-16(2)26(15)33-14-23(29)32-13-22(28)27-17-10-11-20-21(12-17)25(31)19-9-4-3-8-18(19)24(20)30/h3-12H,13-14H2,1-2H3,(H,27,28). The highest BCUT2D eigenvalue weighted by molar-refractivity contribution is 6.28. The van der Waals surface area contributed by atoms with Gasteiger partial charge in [-0.15, -0.1) is 0 Å². The minimum Gasteiger partial charge on any atom is -0.481 e. The minimum absolute atomic E-state index is 0.218. The van der Waals surface area contributed by atoms with Crippen molar-refractivity contribution in [1.29, 1.82) is 0 Å². The second kappa shape index (κ2) is 9.08. The first-order valence-corrected chi connectivity index (χ1v) is 10.3. The van der Waals surface area contributed by atoms with Gasteiger partial charge in [0.15, 0.2) is 24.8 Å². The van der Waals surface area contributed by atoms with Crippen molar-refractivity contribution in [3.63, 3.8) is 0 Å². The van der Waals surface area contributed by atoms with E-state index in [9.17, 15) is 19.2 Å². The summed E-state index contributed by atoms with van der Waals surface area (Å²) in [5.41, 5.74) is 3.30. The molecule has 4 rings (SSSR count). The highest BCUT2D eigenvalue weighted by Crippen LogP contribution is 2.29. The lowest BCUT2D eigenvalue weighted by molar-refractivity contribution is -0.149. The lowest BCUT2D eigenvalue weighted by Crippen LogP contribution is -2.25. The van der Waals surface area contributed by atoms with Gasteiger partial charge in [-0.2, -0.15) is 0 Å². The second-order valence-corrected chi connectivity index (χ2v) is 7.68. The van der Waals surface area contributed by atoms with E-state index in [-0.39, 0.29) is 29.3 Å². The second-order valence-electron chi connectivity index (χ2n) is 7.68. The van der Waals surface area contributed by atoms with Gasteiger partial charge in [0.1, 0.15) is 5.75 Å². The van der Waals surface area contributed by atoms with E-state index in [0.29, 0.717) is 22.6 Å². The highest BCUT2D eigenvalue weighted by atomic mass is 16.6. The predicted octanol–water partition coefficient (Wildman–Crippen LogP) is 3.64. The number of carbonyl (C=O) groups is 4. The molecule has 3 aromatic rings. The molecule has 0 heterocycles. The molecule has 0 aromatic heterocycles. The molecule has 0 unspecified atom stereocenters. The van der Waals surface area contributed by atoms with Gasteiger partial charge in [-0.1, -0.05) is 42.5 Å². The van der Waals surface area contributed by atoms with Gasteiger partial charge in [0.2, 0.25) is 0 Å². The third-order valence-corrected chi connectivity index (χ3v) is 5.32. The van der Waals surface area contributed by atoms with Crippen LogP contribution in [0.4, 0.5) is 5.69 Å². The van der Waals surface area contributed by atoms with Gasteiger partial charge in [0.25, 0.3) is 5.91 Å². The largest absolute Gasteiger partial charge is 0.481 e. The first-order chi connectivity index (χ1) is 15.8. The average Bonchev–Trinajstić information content (AvgIpc) is 2.81. The summed E-state index contributed by atoms with van der Waals surface area (Å²) in [6.45, 7) is 2.91. The molecule has 1 N–H and O–H groups in total. The molecule has 33 heavy (non-hydrogen) atoms. The van der Waals surface area contributed by atoms with E-state index in [1.807, 2.05) is 32.0 Å². The van der Waals surface area contributed by atoms with Crippen molar-refractivity contribution in [2.75, 3.05) is 18.5 Å². The van der Waals surface area contributed by atoms with Crippen LogP contribution in [-0.2, 0) is 14.3 Å². The van der Waals surface area contributed by atoms with Crippen molar-refractivity contribution >= 4 is 29.1 Å². The summed E-state index contributed by atoms with van der Waals surface area (Å²) in [4.78, 5) is 49.7. The Morgan fingerprint density at radius 1 is 0.758 bits per heavy atom. The topological polar surface area (TPSA) is 98.8 Å². The predicted molar refractivity (Wildman–Crippen MR) is 121 cm³/mol. The number of para-hydroxylation sites is 1. The van der Waals surface area contributed by atoms with Crippen molar-refractivity contribution in [2.24, 2.45) is 0 Å². The Morgan fingerprint density at radius 2 is 1.36 bits per heavy atom. The lowest BCUT2D eigenvalue weighted by Gasteiger charge is -2.18. The maximum Gasteiger partial charge on any atom is 0.344 e. The van der Waals surface area contributed by atoms with Gasteiger partial charge in [-0.3, -0.25) is 14.4 Å². The van der Waals surface area contributed by atoms with Gasteiger partial charge in [-0.25, -0.2) is 4.79 Å². The van der Waals surface area contributed by atoms with E-state index in [4.69, 9.17) is 9.47 Å². The summed E-state index contributed by atoms with van der Waals surface area (Å²) in [5, 5.41) is 2.58. The molecule has 0 atom stereocenters. The molecule has 0 bridgehead atoms. The Kier molecular flexibility index (Phi) is 6.04. The SMILES string of the molecule is Cc1cccc(C)c1OCC(=O)OCC(=O)Nc1ccc2c(c1)C(=O)c1ccccc1C2=O. The fourth-order valence-electron chi connectivity index (χ4n) is 3.72. The van der Waals surface area contributed by atoms with Crippen LogP contribution in [0.25, 0.3) is 0 Å². The van der Waals surface area contributed by atoms with Gasteiger partial charge in [0, 0.05) is 27.9 Å². The molecule has 0 aliphatic heterocycles. The summed E-state index contributed by atoms with van der Waals surface area (Å²) in [6, 6.07) is 16.7.